The number of carbonyl (C=O) groups is 2. The van der Waals surface area contributed by atoms with Crippen LogP contribution in [0.2, 0.25) is 16.6 Å². The van der Waals surface area contributed by atoms with Crippen molar-refractivity contribution in [3.8, 4) is 11.1 Å². The van der Waals surface area contributed by atoms with E-state index >= 15 is 0 Å². The molecule has 3 aromatic rings. The quantitative estimate of drug-likeness (QED) is 0.245. The van der Waals surface area contributed by atoms with Crippen LogP contribution in [0.4, 0.5) is 21.0 Å². The minimum absolute atomic E-state index is 0.258. The third-order valence-electron chi connectivity index (χ3n) is 9.40. The number of nitrogens with zero attached hydrogens (tertiary/aromatic N) is 3. The van der Waals surface area contributed by atoms with Crippen molar-refractivity contribution in [1.29, 1.82) is 0 Å². The van der Waals surface area contributed by atoms with E-state index in [0.717, 1.165) is 34.3 Å². The van der Waals surface area contributed by atoms with Gasteiger partial charge in [-0.1, -0.05) is 75.7 Å². The van der Waals surface area contributed by atoms with Gasteiger partial charge in [-0.3, -0.25) is 9.80 Å². The first kappa shape index (κ1) is 37.8. The minimum Gasteiger partial charge on any atom is -0.443 e. The van der Waals surface area contributed by atoms with Crippen molar-refractivity contribution in [3.63, 3.8) is 0 Å². The van der Waals surface area contributed by atoms with Crippen LogP contribution in [0.25, 0.3) is 11.1 Å². The molecule has 0 unspecified atom stereocenters. The monoisotopic (exact) mass is 737 g/mol. The fourth-order valence-electron chi connectivity index (χ4n) is 7.63. The molecule has 3 heterocycles. The highest BCUT2D eigenvalue weighted by atomic mass is 79.9. The third kappa shape index (κ3) is 8.21. The molecule has 0 saturated heterocycles. The maximum absolute atomic E-state index is 12.7. The van der Waals surface area contributed by atoms with Crippen LogP contribution in [0, 0.1) is 0 Å². The molecule has 0 N–H and O–H groups in total. The lowest BCUT2D eigenvalue weighted by Crippen LogP contribution is -2.51. The molecule has 2 aliphatic heterocycles. The van der Waals surface area contributed by atoms with Crippen molar-refractivity contribution >= 4 is 47.7 Å². The van der Waals surface area contributed by atoms with Gasteiger partial charge in [0.15, 0.2) is 8.24 Å². The van der Waals surface area contributed by atoms with Gasteiger partial charge in [-0.2, -0.15) is 0 Å². The number of anilines is 2. The molecule has 262 valence electrons. The summed E-state index contributed by atoms with van der Waals surface area (Å²) in [5.41, 5.74) is 7.72. The standard InChI is InChI=1S/C26H40N2O2Si.C13H16BrNO2/c1-18(2)31(19(3)4,20(5)6)27-14-12-23(17-27)22-11-10-21-13-15-28(24(21)16-22)25(29)30-26(7,8)9;1-13(2,3)17-12(16)15-7-6-9-4-5-10(14)8-11(9)15/h10-12,14,16-20H,13,15H2,1-9H3;4-5,8H,6-7H2,1-3H3. The highest BCUT2D eigenvalue weighted by Crippen LogP contribution is 2.44. The first-order valence-electron chi connectivity index (χ1n) is 17.4. The van der Waals surface area contributed by atoms with Crippen molar-refractivity contribution in [2.75, 3.05) is 22.9 Å². The first-order chi connectivity index (χ1) is 22.2. The lowest BCUT2D eigenvalue weighted by atomic mass is 10.0. The van der Waals surface area contributed by atoms with Gasteiger partial charge in [0.1, 0.15) is 11.2 Å². The Labute approximate surface area is 298 Å². The van der Waals surface area contributed by atoms with Gasteiger partial charge in [-0.05, 0) is 124 Å². The highest BCUT2D eigenvalue weighted by molar-refractivity contribution is 9.10. The molecular formula is C39H56BrN3O4Si. The molecule has 0 saturated carbocycles. The molecular weight excluding hydrogens is 682 g/mol. The van der Waals surface area contributed by atoms with Gasteiger partial charge in [0.05, 0.1) is 11.4 Å². The SMILES string of the molecule is CC(C)(C)OC(=O)N1CCc2ccc(Br)cc21.CC(C)[Si](C(C)C)(C(C)C)n1ccc(-c2ccc3c(c2)N(C(=O)OC(C)(C)C)CC3)c1. The second kappa shape index (κ2) is 14.4. The van der Waals surface area contributed by atoms with E-state index in [9.17, 15) is 9.59 Å². The molecule has 0 radical (unpaired) electrons. The van der Waals surface area contributed by atoms with Gasteiger partial charge in [-0.15, -0.1) is 0 Å². The zero-order valence-corrected chi connectivity index (χ0v) is 33.7. The molecule has 0 bridgehead atoms. The molecule has 2 aliphatic rings. The lowest BCUT2D eigenvalue weighted by molar-refractivity contribution is 0.0573. The zero-order chi connectivity index (χ0) is 35.8. The number of amides is 2. The Morgan fingerprint density at radius 1 is 0.688 bits per heavy atom. The molecule has 48 heavy (non-hydrogen) atoms. The summed E-state index contributed by atoms with van der Waals surface area (Å²) in [6.07, 6.45) is 5.88. The number of aromatic nitrogens is 1. The Hall–Kier alpha value is -3.04. The van der Waals surface area contributed by atoms with E-state index in [4.69, 9.17) is 9.47 Å². The summed E-state index contributed by atoms with van der Waals surface area (Å²) in [4.78, 5) is 28.2. The third-order valence-corrected chi connectivity index (χ3v) is 16.6. The largest absolute Gasteiger partial charge is 0.443 e. The Bertz CT molecular complexity index is 1590. The molecule has 1 aromatic heterocycles. The lowest BCUT2D eigenvalue weighted by Gasteiger charge is -2.44. The van der Waals surface area contributed by atoms with Gasteiger partial charge >= 0.3 is 12.2 Å². The topological polar surface area (TPSA) is 64.0 Å². The molecule has 7 nitrogen and oxygen atoms in total. The van der Waals surface area contributed by atoms with Gasteiger partial charge in [0, 0.05) is 23.8 Å². The fourth-order valence-corrected chi connectivity index (χ4v) is 14.5. The van der Waals surface area contributed by atoms with E-state index < -0.39 is 19.4 Å². The number of halogens is 1. The second-order valence-electron chi connectivity index (χ2n) is 16.0. The average molecular weight is 739 g/mol. The summed E-state index contributed by atoms with van der Waals surface area (Å²) >= 11 is 3.42. The summed E-state index contributed by atoms with van der Waals surface area (Å²) < 4.78 is 14.6. The van der Waals surface area contributed by atoms with E-state index in [1.807, 2.05) is 59.7 Å². The second-order valence-corrected chi connectivity index (χ2v) is 22.7. The van der Waals surface area contributed by atoms with E-state index in [-0.39, 0.29) is 12.2 Å². The maximum atomic E-state index is 12.7. The molecule has 0 spiro atoms. The van der Waals surface area contributed by atoms with Crippen LogP contribution in [0.15, 0.2) is 59.3 Å². The van der Waals surface area contributed by atoms with E-state index in [1.54, 1.807) is 9.80 Å². The number of fused-ring (bicyclic) bond motifs is 2. The molecule has 5 rings (SSSR count). The molecule has 0 aliphatic carbocycles. The maximum Gasteiger partial charge on any atom is 0.414 e. The summed E-state index contributed by atoms with van der Waals surface area (Å²) in [6, 6.07) is 14.8. The van der Waals surface area contributed by atoms with E-state index in [0.29, 0.717) is 29.7 Å². The summed E-state index contributed by atoms with van der Waals surface area (Å²) in [7, 11) is -1.76. The Balaban J connectivity index is 0.000000257. The highest BCUT2D eigenvalue weighted by Gasteiger charge is 2.45. The van der Waals surface area contributed by atoms with Crippen LogP contribution < -0.4 is 9.80 Å². The normalized spacial score (nSPS) is 14.7. The van der Waals surface area contributed by atoms with Crippen LogP contribution in [-0.4, -0.2) is 48.9 Å². The van der Waals surface area contributed by atoms with Gasteiger partial charge < -0.3 is 13.7 Å². The number of rotatable bonds is 5. The molecule has 0 atom stereocenters. The Morgan fingerprint density at radius 2 is 1.15 bits per heavy atom. The van der Waals surface area contributed by atoms with Crippen LogP contribution in [0.3, 0.4) is 0 Å². The summed E-state index contributed by atoms with van der Waals surface area (Å²) in [5, 5.41) is 0. The Kier molecular flexibility index (Phi) is 11.4. The van der Waals surface area contributed by atoms with Gasteiger partial charge in [-0.25, -0.2) is 9.59 Å². The number of benzene rings is 2. The number of carbonyl (C=O) groups excluding carboxylic acids is 2. The zero-order valence-electron chi connectivity index (χ0n) is 31.1. The fraction of sp³-hybridized carbons (Fsp3) is 0.538. The first-order valence-corrected chi connectivity index (χ1v) is 20.3. The van der Waals surface area contributed by atoms with Crippen molar-refractivity contribution in [2.45, 2.75) is 124 Å². The van der Waals surface area contributed by atoms with Crippen molar-refractivity contribution in [1.82, 2.24) is 4.23 Å². The van der Waals surface area contributed by atoms with Crippen LogP contribution in [0.1, 0.15) is 94.2 Å². The number of hydrogen-bond donors (Lipinski definition) is 0. The minimum atomic E-state index is -1.76. The van der Waals surface area contributed by atoms with Gasteiger partial charge in [0.2, 0.25) is 0 Å². The number of ether oxygens (including phenoxy) is 2. The Morgan fingerprint density at radius 3 is 1.60 bits per heavy atom. The smallest absolute Gasteiger partial charge is 0.414 e. The van der Waals surface area contributed by atoms with Crippen molar-refractivity contribution < 1.29 is 19.1 Å². The average Bonchev–Trinajstić information content (AvgIpc) is 3.69. The van der Waals surface area contributed by atoms with Crippen molar-refractivity contribution in [2.24, 2.45) is 0 Å². The predicted molar refractivity (Wildman–Crippen MR) is 205 cm³/mol. The van der Waals surface area contributed by atoms with Crippen LogP contribution in [0.5, 0.6) is 0 Å². The molecule has 2 aromatic carbocycles. The summed E-state index contributed by atoms with van der Waals surface area (Å²) in [5.74, 6) is 0. The van der Waals surface area contributed by atoms with E-state index in [1.165, 1.54) is 16.7 Å². The molecule has 9 heteroatoms. The molecule has 0 fully saturated rings. The van der Waals surface area contributed by atoms with E-state index in [2.05, 4.69) is 98.4 Å². The summed E-state index contributed by atoms with van der Waals surface area (Å²) in [6.45, 7) is 27.1. The molecule has 2 amide bonds. The van der Waals surface area contributed by atoms with Crippen LogP contribution in [-0.2, 0) is 22.3 Å². The van der Waals surface area contributed by atoms with Gasteiger partial charge in [0.25, 0.3) is 0 Å². The van der Waals surface area contributed by atoms with Crippen LogP contribution >= 0.6 is 15.9 Å². The predicted octanol–water partition coefficient (Wildman–Crippen LogP) is 11.2. The van der Waals surface area contributed by atoms with Crippen molar-refractivity contribution in [3.05, 3.63) is 70.5 Å². The number of hydrogen-bond acceptors (Lipinski definition) is 4.